The van der Waals surface area contributed by atoms with Gasteiger partial charge in [-0.2, -0.15) is 0 Å². The molecule has 128 valence electrons. The molecule has 1 amide bonds. The van der Waals surface area contributed by atoms with Gasteiger partial charge in [0.05, 0.1) is 6.54 Å². The molecule has 3 aliphatic rings. The lowest BCUT2D eigenvalue weighted by atomic mass is 9.95. The summed E-state index contributed by atoms with van der Waals surface area (Å²) in [4.78, 5) is 20.0. The van der Waals surface area contributed by atoms with Gasteiger partial charge in [0.1, 0.15) is 11.5 Å². The van der Waals surface area contributed by atoms with Crippen LogP contribution in [0.4, 0.5) is 10.5 Å². The molecule has 0 bridgehead atoms. The first-order chi connectivity index (χ1) is 12.2. The quantitative estimate of drug-likeness (QED) is 0.889. The van der Waals surface area contributed by atoms with Gasteiger partial charge in [-0.15, -0.1) is 0 Å². The van der Waals surface area contributed by atoms with Crippen molar-refractivity contribution in [1.29, 1.82) is 0 Å². The Balaban J connectivity index is 1.74. The molecule has 3 heterocycles. The minimum absolute atomic E-state index is 0.480. The average molecular weight is 336 g/mol. The molecular formula is C19H20N4O2. The zero-order valence-corrected chi connectivity index (χ0v) is 13.8. The van der Waals surface area contributed by atoms with Gasteiger partial charge in [0.2, 0.25) is 0 Å². The van der Waals surface area contributed by atoms with Crippen molar-refractivity contribution in [2.75, 3.05) is 18.4 Å². The third kappa shape index (κ3) is 2.69. The number of hydrogen-bond donors (Lipinski definition) is 2. The maximum absolute atomic E-state index is 11.9. The summed E-state index contributed by atoms with van der Waals surface area (Å²) in [5.74, 6) is 0.876. The number of para-hydroxylation sites is 1. The van der Waals surface area contributed by atoms with Crippen molar-refractivity contribution in [3.63, 3.8) is 0 Å². The predicted molar refractivity (Wildman–Crippen MR) is 97.3 cm³/mol. The largest absolute Gasteiger partial charge is 0.465 e. The molecule has 3 aliphatic heterocycles. The van der Waals surface area contributed by atoms with Gasteiger partial charge in [-0.3, -0.25) is 9.89 Å². The van der Waals surface area contributed by atoms with Crippen LogP contribution in [0, 0.1) is 0 Å². The summed E-state index contributed by atoms with van der Waals surface area (Å²) in [5.41, 5.74) is 1.09. The van der Waals surface area contributed by atoms with E-state index < -0.39 is 11.8 Å². The standard InChI is InChI=1S/C19H20N4O2/c24-18(25)23-12-6-10-19(23,21-16-7-2-1-3-8-16)15-13-20-17-9-4-5-11-22(17)14-15/h1-5,7-9,11,14,21H,6,10,12-13H2,(H,24,25). The zero-order chi connectivity index (χ0) is 17.3. The highest BCUT2D eigenvalue weighted by molar-refractivity contribution is 5.96. The molecular weight excluding hydrogens is 316 g/mol. The van der Waals surface area contributed by atoms with Crippen LogP contribution in [-0.4, -0.2) is 45.6 Å². The first-order valence-electron chi connectivity index (χ1n) is 8.42. The van der Waals surface area contributed by atoms with E-state index in [-0.39, 0.29) is 0 Å². The van der Waals surface area contributed by atoms with E-state index in [1.165, 1.54) is 4.90 Å². The van der Waals surface area contributed by atoms with E-state index in [1.54, 1.807) is 0 Å². The molecule has 0 aromatic heterocycles. The third-order valence-electron chi connectivity index (χ3n) is 4.84. The maximum Gasteiger partial charge on any atom is 0.409 e. The first-order valence-corrected chi connectivity index (χ1v) is 8.42. The monoisotopic (exact) mass is 336 g/mol. The van der Waals surface area contributed by atoms with Crippen molar-refractivity contribution < 1.29 is 9.90 Å². The number of anilines is 1. The first kappa shape index (κ1) is 15.5. The van der Waals surface area contributed by atoms with Gasteiger partial charge in [0.15, 0.2) is 0 Å². The highest BCUT2D eigenvalue weighted by atomic mass is 16.4. The Morgan fingerprint density at radius 3 is 2.88 bits per heavy atom. The lowest BCUT2D eigenvalue weighted by Gasteiger charge is -2.42. The van der Waals surface area contributed by atoms with Crippen LogP contribution >= 0.6 is 0 Å². The third-order valence-corrected chi connectivity index (χ3v) is 4.84. The van der Waals surface area contributed by atoms with Crippen LogP contribution in [0.1, 0.15) is 12.8 Å². The number of carbonyl (C=O) groups is 1. The van der Waals surface area contributed by atoms with E-state index in [1.807, 2.05) is 65.9 Å². The van der Waals surface area contributed by atoms with Crippen molar-refractivity contribution in [3.05, 3.63) is 66.5 Å². The molecule has 0 radical (unpaired) electrons. The Kier molecular flexibility index (Phi) is 3.80. The van der Waals surface area contributed by atoms with Gasteiger partial charge in [0, 0.05) is 30.2 Å². The van der Waals surface area contributed by atoms with E-state index in [0.29, 0.717) is 13.1 Å². The van der Waals surface area contributed by atoms with Gasteiger partial charge < -0.3 is 15.3 Å². The molecule has 1 atom stereocenters. The Bertz CT molecular complexity index is 797. The fourth-order valence-corrected chi connectivity index (χ4v) is 3.68. The molecule has 1 aromatic rings. The molecule has 0 aliphatic carbocycles. The van der Waals surface area contributed by atoms with Crippen LogP contribution in [0.2, 0.25) is 0 Å². The lowest BCUT2D eigenvalue weighted by Crippen LogP contribution is -2.55. The van der Waals surface area contributed by atoms with E-state index in [0.717, 1.165) is 29.9 Å². The van der Waals surface area contributed by atoms with Gasteiger partial charge >= 0.3 is 6.09 Å². The molecule has 25 heavy (non-hydrogen) atoms. The van der Waals surface area contributed by atoms with E-state index in [9.17, 15) is 9.90 Å². The van der Waals surface area contributed by atoms with Crippen molar-refractivity contribution in [1.82, 2.24) is 9.80 Å². The molecule has 4 rings (SSSR count). The molecule has 1 unspecified atom stereocenters. The number of likely N-dealkylation sites (tertiary alicyclic amines) is 1. The summed E-state index contributed by atoms with van der Waals surface area (Å²) >= 11 is 0. The number of aliphatic imine (C=N–C) groups is 1. The van der Waals surface area contributed by atoms with E-state index in [2.05, 4.69) is 10.3 Å². The molecule has 2 N–H and O–H groups in total. The predicted octanol–water partition coefficient (Wildman–Crippen LogP) is 3.25. The number of benzene rings is 1. The minimum atomic E-state index is -0.911. The van der Waals surface area contributed by atoms with Crippen molar-refractivity contribution >= 4 is 17.6 Å². The summed E-state index contributed by atoms with van der Waals surface area (Å²) in [6.07, 6.45) is 10.4. The zero-order valence-electron chi connectivity index (χ0n) is 13.8. The van der Waals surface area contributed by atoms with Crippen LogP contribution < -0.4 is 5.32 Å². The summed E-state index contributed by atoms with van der Waals surface area (Å²) in [6.45, 7) is 0.993. The maximum atomic E-state index is 11.9. The van der Waals surface area contributed by atoms with Crippen LogP contribution in [0.3, 0.4) is 0 Å². The molecule has 1 aromatic carbocycles. The number of nitrogens with zero attached hydrogens (tertiary/aromatic N) is 3. The number of carboxylic acid groups (broad SMARTS) is 1. The normalized spacial score (nSPS) is 24.6. The number of nitrogens with one attached hydrogen (secondary N) is 1. The number of rotatable bonds is 3. The fraction of sp³-hybridized carbons (Fsp3) is 0.263. The smallest absolute Gasteiger partial charge is 0.409 e. The highest BCUT2D eigenvalue weighted by Gasteiger charge is 2.47. The summed E-state index contributed by atoms with van der Waals surface area (Å²) in [5, 5.41) is 13.3. The van der Waals surface area contributed by atoms with Crippen LogP contribution in [0.25, 0.3) is 0 Å². The van der Waals surface area contributed by atoms with Gasteiger partial charge in [-0.25, -0.2) is 4.79 Å². The molecule has 0 saturated carbocycles. The Morgan fingerprint density at radius 2 is 2.08 bits per heavy atom. The second kappa shape index (κ2) is 6.12. The number of allylic oxidation sites excluding steroid dienone is 2. The SMILES string of the molecule is O=C(O)N1CCCC1(Nc1ccccc1)C1=CN2C=CC=CC2=NC1. The second-order valence-electron chi connectivity index (χ2n) is 6.33. The number of amidine groups is 1. The Hall–Kier alpha value is -3.02. The van der Waals surface area contributed by atoms with E-state index >= 15 is 0 Å². The minimum Gasteiger partial charge on any atom is -0.465 e. The molecule has 0 spiro atoms. The van der Waals surface area contributed by atoms with Crippen molar-refractivity contribution in [2.45, 2.75) is 18.5 Å². The second-order valence-corrected chi connectivity index (χ2v) is 6.33. The Labute approximate surface area is 146 Å². The Morgan fingerprint density at radius 1 is 1.24 bits per heavy atom. The van der Waals surface area contributed by atoms with Crippen LogP contribution in [-0.2, 0) is 0 Å². The number of fused-ring (bicyclic) bond motifs is 1. The summed E-state index contributed by atoms with van der Waals surface area (Å²) in [6, 6.07) is 9.76. The fourth-order valence-electron chi connectivity index (χ4n) is 3.68. The van der Waals surface area contributed by atoms with Crippen molar-refractivity contribution in [3.8, 4) is 0 Å². The topological polar surface area (TPSA) is 68.2 Å². The molecule has 6 heteroatoms. The summed E-state index contributed by atoms with van der Waals surface area (Å²) < 4.78 is 0. The number of hydrogen-bond acceptors (Lipinski definition) is 4. The average Bonchev–Trinajstić information content (AvgIpc) is 3.07. The molecule has 1 fully saturated rings. The van der Waals surface area contributed by atoms with Gasteiger partial charge in [0.25, 0.3) is 0 Å². The van der Waals surface area contributed by atoms with Gasteiger partial charge in [-0.1, -0.05) is 24.3 Å². The molecule has 1 saturated heterocycles. The lowest BCUT2D eigenvalue weighted by molar-refractivity contribution is 0.124. The summed E-state index contributed by atoms with van der Waals surface area (Å²) in [7, 11) is 0. The van der Waals surface area contributed by atoms with Crippen molar-refractivity contribution in [2.24, 2.45) is 4.99 Å². The number of amides is 1. The highest BCUT2D eigenvalue weighted by Crippen LogP contribution is 2.38. The van der Waals surface area contributed by atoms with E-state index in [4.69, 9.17) is 0 Å². The van der Waals surface area contributed by atoms with Gasteiger partial charge in [-0.05, 0) is 37.1 Å². The van der Waals surface area contributed by atoms with Crippen LogP contribution in [0.15, 0.2) is 71.5 Å². The molecule has 6 nitrogen and oxygen atoms in total. The van der Waals surface area contributed by atoms with Crippen LogP contribution in [0.5, 0.6) is 0 Å².